The number of hydrogen-bond acceptors (Lipinski definition) is 5. The lowest BCUT2D eigenvalue weighted by Crippen LogP contribution is -2.27. The number of hydrogen-bond donors (Lipinski definition) is 2. The van der Waals surface area contributed by atoms with E-state index in [0.717, 1.165) is 0 Å². The Hall–Kier alpha value is -1.40. The number of methoxy groups -OCH3 is 1. The van der Waals surface area contributed by atoms with Gasteiger partial charge in [0.2, 0.25) is 0 Å². The maximum Gasteiger partial charge on any atom is 0.273 e. The van der Waals surface area contributed by atoms with Crippen LogP contribution in [0.15, 0.2) is 10.6 Å². The summed E-state index contributed by atoms with van der Waals surface area (Å²) >= 11 is 0. The van der Waals surface area contributed by atoms with Crippen molar-refractivity contribution in [3.05, 3.63) is 17.5 Å². The van der Waals surface area contributed by atoms with Crippen LogP contribution in [0.25, 0.3) is 0 Å². The summed E-state index contributed by atoms with van der Waals surface area (Å²) in [5.74, 6) is 0.200. The fraction of sp³-hybridized carbons (Fsp3) is 0.636. The third-order valence-corrected chi connectivity index (χ3v) is 2.31. The number of aliphatic hydroxyl groups excluding tert-OH is 1. The van der Waals surface area contributed by atoms with Crippen molar-refractivity contribution < 1.29 is 19.2 Å². The summed E-state index contributed by atoms with van der Waals surface area (Å²) in [7, 11) is 1.54. The monoisotopic (exact) mass is 242 g/mol. The number of nitrogens with one attached hydrogen (secondary N) is 1. The summed E-state index contributed by atoms with van der Waals surface area (Å²) in [6.07, 6.45) is 0.833. The van der Waals surface area contributed by atoms with Crippen molar-refractivity contribution in [2.45, 2.75) is 32.5 Å². The van der Waals surface area contributed by atoms with E-state index in [1.165, 1.54) is 13.2 Å². The van der Waals surface area contributed by atoms with E-state index in [-0.39, 0.29) is 24.3 Å². The van der Waals surface area contributed by atoms with Crippen LogP contribution in [-0.2, 0) is 11.3 Å². The highest BCUT2D eigenvalue weighted by Crippen LogP contribution is 2.04. The molecule has 0 saturated heterocycles. The van der Waals surface area contributed by atoms with E-state index in [0.29, 0.717) is 25.1 Å². The highest BCUT2D eigenvalue weighted by atomic mass is 16.5. The van der Waals surface area contributed by atoms with Crippen molar-refractivity contribution in [2.75, 3.05) is 13.7 Å². The minimum Gasteiger partial charge on any atom is -0.393 e. The molecule has 0 bridgehead atoms. The summed E-state index contributed by atoms with van der Waals surface area (Å²) in [4.78, 5) is 11.6. The number of aromatic nitrogens is 1. The first kappa shape index (κ1) is 13.7. The van der Waals surface area contributed by atoms with Gasteiger partial charge >= 0.3 is 0 Å². The van der Waals surface area contributed by atoms with Crippen molar-refractivity contribution in [3.8, 4) is 0 Å². The van der Waals surface area contributed by atoms with Gasteiger partial charge in [0.25, 0.3) is 5.91 Å². The van der Waals surface area contributed by atoms with Gasteiger partial charge in [-0.1, -0.05) is 12.1 Å². The number of aliphatic hydroxyl groups is 1. The smallest absolute Gasteiger partial charge is 0.273 e. The molecule has 0 fully saturated rings. The first-order valence-corrected chi connectivity index (χ1v) is 5.58. The predicted octanol–water partition coefficient (Wildman–Crippen LogP) is 0.712. The first-order chi connectivity index (χ1) is 8.17. The van der Waals surface area contributed by atoms with E-state index in [9.17, 15) is 9.90 Å². The van der Waals surface area contributed by atoms with Gasteiger partial charge in [-0.05, 0) is 12.8 Å². The van der Waals surface area contributed by atoms with Gasteiger partial charge in [0.05, 0.1) is 6.10 Å². The Morgan fingerprint density at radius 3 is 3.12 bits per heavy atom. The third-order valence-electron chi connectivity index (χ3n) is 2.31. The second-order valence-corrected chi connectivity index (χ2v) is 3.72. The normalized spacial score (nSPS) is 12.4. The van der Waals surface area contributed by atoms with Gasteiger partial charge in [0, 0.05) is 19.7 Å². The molecule has 0 aliphatic heterocycles. The Labute approximate surface area is 99.9 Å². The zero-order valence-electron chi connectivity index (χ0n) is 10.1. The summed E-state index contributed by atoms with van der Waals surface area (Å²) in [5, 5.41) is 15.6. The molecule has 6 nitrogen and oxygen atoms in total. The van der Waals surface area contributed by atoms with Gasteiger partial charge in [-0.2, -0.15) is 0 Å². The number of rotatable bonds is 7. The van der Waals surface area contributed by atoms with Crippen LogP contribution >= 0.6 is 0 Å². The van der Waals surface area contributed by atoms with Crippen LogP contribution in [0.2, 0.25) is 0 Å². The molecular formula is C11H18N2O4. The van der Waals surface area contributed by atoms with Gasteiger partial charge in [0.15, 0.2) is 11.5 Å². The summed E-state index contributed by atoms with van der Waals surface area (Å²) < 4.78 is 9.74. The van der Waals surface area contributed by atoms with Gasteiger partial charge in [-0.25, -0.2) is 0 Å². The van der Waals surface area contributed by atoms with E-state index in [1.807, 2.05) is 6.92 Å². The van der Waals surface area contributed by atoms with Crippen LogP contribution in [-0.4, -0.2) is 35.9 Å². The second-order valence-electron chi connectivity index (χ2n) is 3.72. The predicted molar refractivity (Wildman–Crippen MR) is 60.5 cm³/mol. The summed E-state index contributed by atoms with van der Waals surface area (Å²) in [6, 6.07) is 1.54. The van der Waals surface area contributed by atoms with Gasteiger partial charge in [0.1, 0.15) is 6.61 Å². The molecule has 0 saturated carbocycles. The molecule has 0 spiro atoms. The minimum absolute atomic E-state index is 0.225. The molecule has 1 heterocycles. The van der Waals surface area contributed by atoms with Gasteiger partial charge in [-0.15, -0.1) is 0 Å². The maximum atomic E-state index is 11.6. The Bertz CT molecular complexity index is 351. The lowest BCUT2D eigenvalue weighted by molar-refractivity contribution is 0.0932. The number of nitrogens with zero attached hydrogens (tertiary/aromatic N) is 1. The highest BCUT2D eigenvalue weighted by Gasteiger charge is 2.12. The molecular weight excluding hydrogens is 224 g/mol. The SMILES string of the molecule is CCC(O)CCNC(=O)c1cc(COC)on1. The quantitative estimate of drug-likeness (QED) is 0.735. The van der Waals surface area contributed by atoms with Gasteiger partial charge < -0.3 is 19.7 Å². The highest BCUT2D eigenvalue weighted by molar-refractivity contribution is 5.92. The molecule has 96 valence electrons. The van der Waals surface area contributed by atoms with E-state index in [2.05, 4.69) is 10.5 Å². The van der Waals surface area contributed by atoms with Crippen LogP contribution in [0.1, 0.15) is 36.0 Å². The molecule has 17 heavy (non-hydrogen) atoms. The zero-order chi connectivity index (χ0) is 12.7. The molecule has 0 radical (unpaired) electrons. The van der Waals surface area contributed by atoms with Crippen molar-refractivity contribution in [3.63, 3.8) is 0 Å². The van der Waals surface area contributed by atoms with Crippen LogP contribution in [0.4, 0.5) is 0 Å². The van der Waals surface area contributed by atoms with E-state index >= 15 is 0 Å². The molecule has 1 aromatic rings. The lowest BCUT2D eigenvalue weighted by atomic mass is 10.2. The summed E-state index contributed by atoms with van der Waals surface area (Å²) in [5.41, 5.74) is 0.225. The average Bonchev–Trinajstić information content (AvgIpc) is 2.78. The molecule has 6 heteroatoms. The van der Waals surface area contributed by atoms with Crippen LogP contribution in [0.3, 0.4) is 0 Å². The third kappa shape index (κ3) is 4.54. The molecule has 0 aliphatic carbocycles. The minimum atomic E-state index is -0.378. The number of carbonyl (C=O) groups is 1. The zero-order valence-corrected chi connectivity index (χ0v) is 10.1. The van der Waals surface area contributed by atoms with Crippen molar-refractivity contribution in [1.82, 2.24) is 10.5 Å². The lowest BCUT2D eigenvalue weighted by Gasteiger charge is -2.07. The molecule has 0 aliphatic rings. The molecule has 1 rings (SSSR count). The first-order valence-electron chi connectivity index (χ1n) is 5.58. The number of carbonyl (C=O) groups excluding carboxylic acids is 1. The van der Waals surface area contributed by atoms with Crippen LogP contribution in [0.5, 0.6) is 0 Å². The fourth-order valence-corrected chi connectivity index (χ4v) is 1.28. The summed E-state index contributed by atoms with van der Waals surface area (Å²) in [6.45, 7) is 2.59. The standard InChI is InChI=1S/C11H18N2O4/c1-3-8(14)4-5-12-11(15)10-6-9(7-16-2)17-13-10/h6,8,14H,3-5,7H2,1-2H3,(H,12,15). The van der Waals surface area contributed by atoms with Crippen molar-refractivity contribution in [2.24, 2.45) is 0 Å². The Balaban J connectivity index is 2.36. The number of ether oxygens (including phenoxy) is 1. The Kier molecular flexibility index (Phi) is 5.65. The Morgan fingerprint density at radius 1 is 1.71 bits per heavy atom. The van der Waals surface area contributed by atoms with Crippen molar-refractivity contribution >= 4 is 5.91 Å². The van der Waals surface area contributed by atoms with E-state index in [1.54, 1.807) is 0 Å². The fourth-order valence-electron chi connectivity index (χ4n) is 1.28. The largest absolute Gasteiger partial charge is 0.393 e. The van der Waals surface area contributed by atoms with Crippen LogP contribution < -0.4 is 5.32 Å². The molecule has 1 aromatic heterocycles. The average molecular weight is 242 g/mol. The van der Waals surface area contributed by atoms with E-state index in [4.69, 9.17) is 9.26 Å². The topological polar surface area (TPSA) is 84.6 Å². The molecule has 1 amide bonds. The molecule has 1 unspecified atom stereocenters. The molecule has 2 N–H and O–H groups in total. The van der Waals surface area contributed by atoms with E-state index < -0.39 is 0 Å². The maximum absolute atomic E-state index is 11.6. The second kappa shape index (κ2) is 7.03. The molecule has 1 atom stereocenters. The number of amides is 1. The van der Waals surface area contributed by atoms with Gasteiger partial charge in [-0.3, -0.25) is 4.79 Å². The Morgan fingerprint density at radius 2 is 2.47 bits per heavy atom. The van der Waals surface area contributed by atoms with Crippen LogP contribution in [0, 0.1) is 0 Å². The van der Waals surface area contributed by atoms with Crippen molar-refractivity contribution in [1.29, 1.82) is 0 Å². The molecule has 0 aromatic carbocycles.